The summed E-state index contributed by atoms with van der Waals surface area (Å²) in [6.45, 7) is 2.76. The van der Waals surface area contributed by atoms with Crippen LogP contribution in [-0.2, 0) is 11.3 Å². The van der Waals surface area contributed by atoms with E-state index in [1.54, 1.807) is 0 Å². The van der Waals surface area contributed by atoms with Crippen LogP contribution in [0.25, 0.3) is 27.8 Å². The number of nitrogens with one attached hydrogen (secondary N) is 2. The Bertz CT molecular complexity index is 1320. The zero-order valence-electron chi connectivity index (χ0n) is 15.1. The van der Waals surface area contributed by atoms with Gasteiger partial charge in [0.15, 0.2) is 5.16 Å². The molecule has 5 rings (SSSR count). The molecule has 0 spiro atoms. The molecule has 2 aromatic carbocycles. The summed E-state index contributed by atoms with van der Waals surface area (Å²) in [7, 11) is 0. The number of amides is 1. The quantitative estimate of drug-likeness (QED) is 0.448. The first kappa shape index (κ1) is 16.8. The molecule has 8 nitrogen and oxygen atoms in total. The minimum absolute atomic E-state index is 0.129. The van der Waals surface area contributed by atoms with Crippen LogP contribution in [0.4, 0.5) is 5.95 Å². The largest absolute Gasteiger partial charge is 0.310 e. The van der Waals surface area contributed by atoms with Crippen LogP contribution in [0.15, 0.2) is 53.7 Å². The molecule has 0 saturated heterocycles. The van der Waals surface area contributed by atoms with Crippen molar-refractivity contribution in [3.05, 3.63) is 48.5 Å². The van der Waals surface area contributed by atoms with Crippen LogP contribution in [0.5, 0.6) is 0 Å². The number of aryl methyl sites for hydroxylation is 1. The van der Waals surface area contributed by atoms with E-state index in [4.69, 9.17) is 0 Å². The fraction of sp³-hybridized carbons (Fsp3) is 0.158. The van der Waals surface area contributed by atoms with E-state index in [1.807, 2.05) is 64.4 Å². The Morgan fingerprint density at radius 3 is 2.57 bits per heavy atom. The fourth-order valence-corrected chi connectivity index (χ4v) is 4.08. The second kappa shape index (κ2) is 6.68. The number of para-hydroxylation sites is 4. The number of hydrogen-bond acceptors (Lipinski definition) is 5. The highest BCUT2D eigenvalue weighted by Crippen LogP contribution is 2.23. The van der Waals surface area contributed by atoms with Crippen molar-refractivity contribution in [2.45, 2.75) is 18.6 Å². The topological polar surface area (TPSA) is 92.9 Å². The predicted octanol–water partition coefficient (Wildman–Crippen LogP) is 3.31. The van der Waals surface area contributed by atoms with Crippen molar-refractivity contribution < 1.29 is 4.79 Å². The van der Waals surface area contributed by atoms with Crippen molar-refractivity contribution in [2.24, 2.45) is 0 Å². The molecular weight excluding hydrogens is 374 g/mol. The Labute approximate surface area is 164 Å². The summed E-state index contributed by atoms with van der Waals surface area (Å²) in [5.41, 5.74) is 3.72. The van der Waals surface area contributed by atoms with Gasteiger partial charge in [-0.1, -0.05) is 36.0 Å². The summed E-state index contributed by atoms with van der Waals surface area (Å²) in [5, 5.41) is 10.8. The lowest BCUT2D eigenvalue weighted by Crippen LogP contribution is -2.17. The highest BCUT2D eigenvalue weighted by molar-refractivity contribution is 7.99. The first-order chi connectivity index (χ1) is 13.7. The van der Waals surface area contributed by atoms with E-state index in [0.717, 1.165) is 28.6 Å². The van der Waals surface area contributed by atoms with Crippen molar-refractivity contribution in [3.8, 4) is 0 Å². The van der Waals surface area contributed by atoms with Crippen LogP contribution in [0.2, 0.25) is 0 Å². The van der Waals surface area contributed by atoms with Gasteiger partial charge in [-0.2, -0.15) is 0 Å². The van der Waals surface area contributed by atoms with Crippen molar-refractivity contribution in [1.82, 2.24) is 29.1 Å². The third kappa shape index (κ3) is 2.71. The molecule has 0 bridgehead atoms. The number of H-pyrrole nitrogens is 1. The Kier molecular flexibility index (Phi) is 4.01. The first-order valence-electron chi connectivity index (χ1n) is 8.94. The average molecular weight is 391 g/mol. The van der Waals surface area contributed by atoms with Crippen molar-refractivity contribution in [2.75, 3.05) is 11.1 Å². The van der Waals surface area contributed by atoms with Crippen molar-refractivity contribution in [1.29, 1.82) is 0 Å². The average Bonchev–Trinajstić information content (AvgIpc) is 3.37. The molecule has 0 saturated carbocycles. The summed E-state index contributed by atoms with van der Waals surface area (Å²) < 4.78 is 3.92. The standard InChI is InChI=1S/C19H17N7OS/c1-2-25-14-9-5-3-7-12(14)20-17(25)22-16(27)11-28-19-24-23-18-21-13-8-4-6-10-15(13)26(18)19/h3-10H,2,11H2,1H3,(H,21,23)(H,20,22,27). The van der Waals surface area contributed by atoms with Gasteiger partial charge in [0.25, 0.3) is 0 Å². The predicted molar refractivity (Wildman–Crippen MR) is 110 cm³/mol. The monoisotopic (exact) mass is 391 g/mol. The molecule has 9 heteroatoms. The second-order valence-electron chi connectivity index (χ2n) is 6.27. The molecule has 2 N–H and O–H groups in total. The number of carbonyl (C=O) groups is 1. The number of imidazole rings is 2. The lowest BCUT2D eigenvalue weighted by molar-refractivity contribution is -0.113. The van der Waals surface area contributed by atoms with E-state index < -0.39 is 0 Å². The van der Waals surface area contributed by atoms with Gasteiger partial charge in [-0.3, -0.25) is 14.5 Å². The minimum Gasteiger partial charge on any atom is -0.310 e. The molecule has 5 aromatic rings. The van der Waals surface area contributed by atoms with Crippen LogP contribution in [-0.4, -0.2) is 40.8 Å². The van der Waals surface area contributed by atoms with Crippen LogP contribution < -0.4 is 5.32 Å². The maximum Gasteiger partial charge on any atom is 0.237 e. The molecule has 0 atom stereocenters. The van der Waals surface area contributed by atoms with Gasteiger partial charge in [-0.05, 0) is 31.2 Å². The highest BCUT2D eigenvalue weighted by atomic mass is 32.2. The summed E-state index contributed by atoms with van der Waals surface area (Å²) in [4.78, 5) is 21.6. The van der Waals surface area contributed by atoms with Crippen LogP contribution in [0.3, 0.4) is 0 Å². The number of anilines is 1. The normalized spacial score (nSPS) is 11.6. The molecule has 28 heavy (non-hydrogen) atoms. The third-order valence-corrected chi connectivity index (χ3v) is 5.50. The lowest BCUT2D eigenvalue weighted by Gasteiger charge is -2.07. The fourth-order valence-electron chi connectivity index (χ4n) is 3.32. The Morgan fingerprint density at radius 1 is 1.07 bits per heavy atom. The molecular formula is C19H17N7OS. The van der Waals surface area contributed by atoms with Crippen LogP contribution in [0.1, 0.15) is 6.92 Å². The number of hydrogen-bond donors (Lipinski definition) is 2. The smallest absolute Gasteiger partial charge is 0.237 e. The van der Waals surface area contributed by atoms with Gasteiger partial charge in [0.2, 0.25) is 17.6 Å². The zero-order valence-corrected chi connectivity index (χ0v) is 15.9. The van der Waals surface area contributed by atoms with Gasteiger partial charge in [-0.15, -0.1) is 5.10 Å². The number of benzene rings is 2. The summed E-state index contributed by atoms with van der Waals surface area (Å²) >= 11 is 1.36. The Hall–Kier alpha value is -3.33. The Balaban J connectivity index is 1.36. The van der Waals surface area contributed by atoms with E-state index in [0.29, 0.717) is 16.9 Å². The van der Waals surface area contributed by atoms with E-state index in [2.05, 4.69) is 25.5 Å². The van der Waals surface area contributed by atoms with Gasteiger partial charge in [-0.25, -0.2) is 15.1 Å². The molecule has 0 aliphatic carbocycles. The number of aromatic amines is 1. The van der Waals surface area contributed by atoms with E-state index >= 15 is 0 Å². The molecule has 3 heterocycles. The molecule has 0 unspecified atom stereocenters. The summed E-state index contributed by atoms with van der Waals surface area (Å²) in [6.07, 6.45) is 0. The van der Waals surface area contributed by atoms with Gasteiger partial charge < -0.3 is 4.57 Å². The SMILES string of the molecule is CCn1c(NC(=O)CSc2n[nH]c3nc4ccccc4n23)nc2ccccc21. The van der Waals surface area contributed by atoms with E-state index in [9.17, 15) is 4.79 Å². The third-order valence-electron chi connectivity index (χ3n) is 4.56. The van der Waals surface area contributed by atoms with Crippen molar-refractivity contribution in [3.63, 3.8) is 0 Å². The maximum atomic E-state index is 12.5. The molecule has 140 valence electrons. The molecule has 0 aliphatic rings. The van der Waals surface area contributed by atoms with Crippen molar-refractivity contribution >= 4 is 51.5 Å². The molecule has 0 radical (unpaired) electrons. The molecule has 1 amide bonds. The molecule has 0 aliphatic heterocycles. The van der Waals surface area contributed by atoms with E-state index in [-0.39, 0.29) is 11.7 Å². The Morgan fingerprint density at radius 2 is 1.79 bits per heavy atom. The number of nitrogens with zero attached hydrogens (tertiary/aromatic N) is 5. The van der Waals surface area contributed by atoms with Gasteiger partial charge in [0.05, 0.1) is 27.8 Å². The van der Waals surface area contributed by atoms with Crippen LogP contribution in [0, 0.1) is 0 Å². The molecule has 3 aromatic heterocycles. The first-order valence-corrected chi connectivity index (χ1v) is 9.92. The van der Waals surface area contributed by atoms with Gasteiger partial charge in [0, 0.05) is 6.54 Å². The maximum absolute atomic E-state index is 12.5. The van der Waals surface area contributed by atoms with E-state index in [1.165, 1.54) is 11.8 Å². The number of rotatable bonds is 5. The minimum atomic E-state index is -0.129. The second-order valence-corrected chi connectivity index (χ2v) is 7.21. The summed E-state index contributed by atoms with van der Waals surface area (Å²) in [6, 6.07) is 15.7. The van der Waals surface area contributed by atoms with Gasteiger partial charge in [0.1, 0.15) is 0 Å². The van der Waals surface area contributed by atoms with Crippen LogP contribution >= 0.6 is 11.8 Å². The lowest BCUT2D eigenvalue weighted by atomic mass is 10.3. The number of fused-ring (bicyclic) bond motifs is 4. The zero-order chi connectivity index (χ0) is 19.1. The highest BCUT2D eigenvalue weighted by Gasteiger charge is 2.15. The number of aromatic nitrogens is 6. The summed E-state index contributed by atoms with van der Waals surface area (Å²) in [5.74, 6) is 1.32. The van der Waals surface area contributed by atoms with Gasteiger partial charge >= 0.3 is 0 Å². The number of thioether (sulfide) groups is 1. The number of carbonyl (C=O) groups excluding carboxylic acids is 1. The molecule has 0 fully saturated rings.